The Morgan fingerprint density at radius 1 is 0.250 bits per heavy atom. The molecule has 0 saturated carbocycles. The van der Waals surface area contributed by atoms with Crippen molar-refractivity contribution in [2.24, 2.45) is 0 Å². The maximum Gasteiger partial charge on any atom is 0.138 e. The van der Waals surface area contributed by atoms with Crippen LogP contribution < -0.4 is 9.64 Å². The van der Waals surface area contributed by atoms with Crippen molar-refractivity contribution < 1.29 is 4.74 Å². The fourth-order valence-corrected chi connectivity index (χ4v) is 8.64. The van der Waals surface area contributed by atoms with Gasteiger partial charge in [0.1, 0.15) is 11.5 Å². The van der Waals surface area contributed by atoms with Crippen LogP contribution in [0.3, 0.4) is 0 Å². The van der Waals surface area contributed by atoms with Crippen LogP contribution in [-0.2, 0) is 0 Å². The van der Waals surface area contributed by atoms with Crippen LogP contribution in [0.25, 0.3) is 77.5 Å². The Bertz CT molecular complexity index is 2980. The lowest BCUT2D eigenvalue weighted by atomic mass is 9.90. The van der Waals surface area contributed by atoms with E-state index in [1.807, 2.05) is 0 Å². The molecule has 10 aromatic carbocycles. The molecule has 0 N–H and O–H groups in total. The van der Waals surface area contributed by atoms with Crippen molar-refractivity contribution in [3.8, 4) is 78.3 Å². The first kappa shape index (κ1) is 35.2. The molecule has 11 rings (SSSR count). The van der Waals surface area contributed by atoms with Gasteiger partial charge in [-0.2, -0.15) is 0 Å². The summed E-state index contributed by atoms with van der Waals surface area (Å²) in [5.74, 6) is 1.69. The van der Waals surface area contributed by atoms with Crippen LogP contribution in [0.5, 0.6) is 11.5 Å². The van der Waals surface area contributed by atoms with E-state index in [1.54, 1.807) is 0 Å². The predicted molar refractivity (Wildman–Crippen MR) is 251 cm³/mol. The van der Waals surface area contributed by atoms with E-state index in [-0.39, 0.29) is 0 Å². The number of nitrogens with zero attached hydrogens (tertiary/aromatic N) is 1. The van der Waals surface area contributed by atoms with E-state index in [2.05, 4.69) is 241 Å². The number of benzene rings is 10. The molecular weight excluding hydrogens is 727 g/mol. The third kappa shape index (κ3) is 6.61. The summed E-state index contributed by atoms with van der Waals surface area (Å²) < 4.78 is 7.03. The van der Waals surface area contributed by atoms with Crippen LogP contribution >= 0.6 is 0 Å². The van der Waals surface area contributed by atoms with Crippen LogP contribution in [-0.4, -0.2) is 0 Å². The van der Waals surface area contributed by atoms with Gasteiger partial charge in [0.25, 0.3) is 0 Å². The van der Waals surface area contributed by atoms with Crippen molar-refractivity contribution in [1.82, 2.24) is 0 Å². The molecule has 1 aliphatic rings. The van der Waals surface area contributed by atoms with E-state index in [4.69, 9.17) is 4.74 Å². The average Bonchev–Trinajstić information content (AvgIpc) is 3.33. The minimum absolute atomic E-state index is 0.845. The van der Waals surface area contributed by atoms with Crippen LogP contribution in [0.2, 0.25) is 0 Å². The zero-order valence-electron chi connectivity index (χ0n) is 32.9. The van der Waals surface area contributed by atoms with Gasteiger partial charge in [-0.25, -0.2) is 0 Å². The summed E-state index contributed by atoms with van der Waals surface area (Å²) in [5.41, 5.74) is 17.2. The molecule has 0 unspecified atom stereocenters. The smallest absolute Gasteiger partial charge is 0.138 e. The normalized spacial score (nSPS) is 11.5. The van der Waals surface area contributed by atoms with Crippen LogP contribution in [0, 0.1) is 0 Å². The van der Waals surface area contributed by atoms with Crippen molar-refractivity contribution >= 4 is 27.8 Å². The molecule has 2 nitrogen and oxygen atoms in total. The van der Waals surface area contributed by atoms with Crippen LogP contribution in [0.4, 0.5) is 17.1 Å². The standard InChI is InChI=1S/C58H39NO/c1-5-14-40(15-6-1)44-24-29-51(30-25-44)59(52-31-26-45(27-32-52)41-16-7-2-8-17-41)53-37-47-22-13-23-55-54-33-28-46(38-56(54)60-57(39-53)58(47)55)50-35-48(42-18-9-3-10-19-42)34-49(36-50)43-20-11-4-12-21-43/h1-39H. The lowest BCUT2D eigenvalue weighted by Crippen LogP contribution is -2.10. The van der Waals surface area contributed by atoms with E-state index < -0.39 is 0 Å². The van der Waals surface area contributed by atoms with Crippen LogP contribution in [0.1, 0.15) is 0 Å². The highest BCUT2D eigenvalue weighted by molar-refractivity contribution is 6.06. The van der Waals surface area contributed by atoms with Crippen molar-refractivity contribution in [2.75, 3.05) is 4.90 Å². The average molecular weight is 766 g/mol. The summed E-state index contributed by atoms with van der Waals surface area (Å²) in [6.45, 7) is 0. The topological polar surface area (TPSA) is 12.5 Å². The second kappa shape index (κ2) is 15.1. The minimum Gasteiger partial charge on any atom is -0.456 e. The van der Waals surface area contributed by atoms with E-state index in [0.717, 1.165) is 56.0 Å². The Morgan fingerprint density at radius 2 is 0.683 bits per heavy atom. The number of fused-ring (bicyclic) bond motifs is 2. The molecule has 0 saturated heterocycles. The zero-order valence-corrected chi connectivity index (χ0v) is 32.9. The molecule has 1 aliphatic heterocycles. The van der Waals surface area contributed by atoms with Gasteiger partial charge in [0.15, 0.2) is 0 Å². The fourth-order valence-electron chi connectivity index (χ4n) is 8.64. The zero-order chi connectivity index (χ0) is 39.8. The van der Waals surface area contributed by atoms with Crippen molar-refractivity contribution in [1.29, 1.82) is 0 Å². The quantitative estimate of drug-likeness (QED) is 0.153. The highest BCUT2D eigenvalue weighted by Crippen LogP contribution is 2.50. The highest BCUT2D eigenvalue weighted by Gasteiger charge is 2.24. The largest absolute Gasteiger partial charge is 0.456 e. The number of hydrogen-bond acceptors (Lipinski definition) is 2. The molecule has 10 aromatic rings. The molecule has 1 heterocycles. The van der Waals surface area contributed by atoms with Crippen molar-refractivity contribution in [3.05, 3.63) is 237 Å². The minimum atomic E-state index is 0.845. The second-order valence-corrected chi connectivity index (χ2v) is 15.4. The molecule has 0 radical (unpaired) electrons. The van der Waals surface area contributed by atoms with Gasteiger partial charge in [0, 0.05) is 28.4 Å². The molecule has 60 heavy (non-hydrogen) atoms. The molecule has 0 atom stereocenters. The van der Waals surface area contributed by atoms with Gasteiger partial charge in [0.05, 0.1) is 5.69 Å². The first-order valence-corrected chi connectivity index (χ1v) is 20.5. The lowest BCUT2D eigenvalue weighted by Gasteiger charge is -2.29. The summed E-state index contributed by atoms with van der Waals surface area (Å²) in [4.78, 5) is 2.33. The van der Waals surface area contributed by atoms with Gasteiger partial charge in [0.2, 0.25) is 0 Å². The van der Waals surface area contributed by atoms with E-state index in [1.165, 1.54) is 50.1 Å². The van der Waals surface area contributed by atoms with Crippen molar-refractivity contribution in [3.63, 3.8) is 0 Å². The molecule has 0 fully saturated rings. The van der Waals surface area contributed by atoms with E-state index >= 15 is 0 Å². The summed E-state index contributed by atoms with van der Waals surface area (Å²) >= 11 is 0. The Kier molecular flexibility index (Phi) is 8.87. The molecule has 0 aliphatic carbocycles. The lowest BCUT2D eigenvalue weighted by molar-refractivity contribution is 0.487. The summed E-state index contributed by atoms with van der Waals surface area (Å²) in [7, 11) is 0. The monoisotopic (exact) mass is 765 g/mol. The number of hydrogen-bond donors (Lipinski definition) is 0. The molecule has 0 spiro atoms. The highest BCUT2D eigenvalue weighted by atomic mass is 16.5. The second-order valence-electron chi connectivity index (χ2n) is 15.4. The maximum atomic E-state index is 7.03. The Morgan fingerprint density at radius 3 is 1.18 bits per heavy atom. The molecule has 0 amide bonds. The molecule has 282 valence electrons. The first-order chi connectivity index (χ1) is 29.7. The Hall–Kier alpha value is -7.94. The molecular formula is C58H39NO. The number of anilines is 3. The molecule has 2 heteroatoms. The van der Waals surface area contributed by atoms with Gasteiger partial charge in [-0.1, -0.05) is 170 Å². The third-order valence-electron chi connectivity index (χ3n) is 11.6. The predicted octanol–water partition coefficient (Wildman–Crippen LogP) is 16.4. The fraction of sp³-hybridized carbons (Fsp3) is 0. The molecule has 0 aromatic heterocycles. The van der Waals surface area contributed by atoms with Crippen LogP contribution in [0.15, 0.2) is 237 Å². The number of rotatable bonds is 8. The van der Waals surface area contributed by atoms with Gasteiger partial charge >= 0.3 is 0 Å². The van der Waals surface area contributed by atoms with Gasteiger partial charge in [-0.15, -0.1) is 0 Å². The molecule has 0 bridgehead atoms. The Labute approximate surface area is 350 Å². The van der Waals surface area contributed by atoms with E-state index in [9.17, 15) is 0 Å². The number of ether oxygens (including phenoxy) is 1. The van der Waals surface area contributed by atoms with E-state index in [0.29, 0.717) is 0 Å². The Balaban J connectivity index is 1.02. The SMILES string of the molecule is c1ccc(-c2ccc(N(c3ccc(-c4ccccc4)cc3)c3cc4c5c(cccc5c3)-c3ccc(-c5cc(-c6ccccc6)cc(-c6ccccc6)c5)cc3O4)cc2)cc1. The third-order valence-corrected chi connectivity index (χ3v) is 11.6. The summed E-state index contributed by atoms with van der Waals surface area (Å²) in [5, 5.41) is 2.25. The van der Waals surface area contributed by atoms with Gasteiger partial charge < -0.3 is 9.64 Å². The van der Waals surface area contributed by atoms with Crippen molar-refractivity contribution in [2.45, 2.75) is 0 Å². The summed E-state index contributed by atoms with van der Waals surface area (Å²) in [6, 6.07) is 84.7. The first-order valence-electron chi connectivity index (χ1n) is 20.5. The summed E-state index contributed by atoms with van der Waals surface area (Å²) in [6.07, 6.45) is 0. The van der Waals surface area contributed by atoms with Gasteiger partial charge in [-0.05, 0) is 127 Å². The maximum absolute atomic E-state index is 7.03. The van der Waals surface area contributed by atoms with Gasteiger partial charge in [-0.3, -0.25) is 0 Å².